The molecule has 1 aliphatic carbocycles. The smallest absolute Gasteiger partial charge is 0.365 e. The minimum atomic E-state index is -0.919. The topological polar surface area (TPSA) is 50.2 Å². The van der Waals surface area contributed by atoms with Crippen molar-refractivity contribution in [1.82, 2.24) is 4.98 Å². The van der Waals surface area contributed by atoms with Crippen LogP contribution in [0.25, 0.3) is 0 Å². The second-order valence-corrected chi connectivity index (χ2v) is 5.81. The second kappa shape index (κ2) is 4.99. The highest BCUT2D eigenvalue weighted by atomic mass is 32.2. The number of hydrogen-bond donors (Lipinski definition) is 1. The summed E-state index contributed by atoms with van der Waals surface area (Å²) in [6.45, 7) is 0. The van der Waals surface area contributed by atoms with Crippen LogP contribution in [0.4, 0.5) is 0 Å². The number of thioether (sulfide) groups is 1. The van der Waals surface area contributed by atoms with E-state index in [1.807, 2.05) is 17.1 Å². The number of rotatable bonds is 4. The Balaban J connectivity index is 1.84. The van der Waals surface area contributed by atoms with Crippen LogP contribution in [0.3, 0.4) is 0 Å². The molecule has 0 atom stereocenters. The van der Waals surface area contributed by atoms with E-state index in [-0.39, 0.29) is 5.01 Å². The van der Waals surface area contributed by atoms with Crippen LogP contribution in [0.15, 0.2) is 5.38 Å². The van der Waals surface area contributed by atoms with Crippen LogP contribution >= 0.6 is 23.1 Å². The van der Waals surface area contributed by atoms with E-state index < -0.39 is 5.97 Å². The summed E-state index contributed by atoms with van der Waals surface area (Å²) in [5, 5.41) is 11.5. The molecule has 82 valence electrons. The zero-order valence-electron chi connectivity index (χ0n) is 8.31. The molecule has 15 heavy (non-hydrogen) atoms. The molecular formula is C10H13NO2S2. The molecule has 0 bridgehead atoms. The first kappa shape index (κ1) is 11.0. The molecular weight excluding hydrogens is 230 g/mol. The molecule has 1 fully saturated rings. The maximum absolute atomic E-state index is 10.6. The molecule has 1 N–H and O–H groups in total. The first-order chi connectivity index (χ1) is 7.25. The Labute approximate surface area is 96.9 Å². The largest absolute Gasteiger partial charge is 0.476 e. The summed E-state index contributed by atoms with van der Waals surface area (Å²) in [5.41, 5.74) is 0.911. The highest BCUT2D eigenvalue weighted by Crippen LogP contribution is 2.31. The van der Waals surface area contributed by atoms with Gasteiger partial charge in [0.05, 0.1) is 5.69 Å². The van der Waals surface area contributed by atoms with Gasteiger partial charge in [0.15, 0.2) is 0 Å². The summed E-state index contributed by atoms with van der Waals surface area (Å²) in [6.07, 6.45) is 5.30. The van der Waals surface area contributed by atoms with Crippen LogP contribution in [-0.4, -0.2) is 21.3 Å². The Morgan fingerprint density at radius 1 is 1.60 bits per heavy atom. The number of aromatic carboxylic acids is 1. The molecule has 2 rings (SSSR count). The summed E-state index contributed by atoms with van der Waals surface area (Å²) in [7, 11) is 0. The lowest BCUT2D eigenvalue weighted by molar-refractivity contribution is 0.0696. The number of carbonyl (C=O) groups is 1. The molecule has 0 aliphatic heterocycles. The van der Waals surface area contributed by atoms with Crippen molar-refractivity contribution in [2.24, 2.45) is 0 Å². The number of nitrogens with zero attached hydrogens (tertiary/aromatic N) is 1. The lowest BCUT2D eigenvalue weighted by atomic mass is 10.4. The standard InChI is InChI=1S/C10H13NO2S2/c12-10(13)9-11-7(6-15-9)5-14-8-3-1-2-4-8/h6,8H,1-5H2,(H,12,13). The van der Waals surface area contributed by atoms with E-state index in [4.69, 9.17) is 5.11 Å². The fourth-order valence-corrected chi connectivity index (χ4v) is 3.71. The molecule has 1 heterocycles. The number of carboxylic acid groups (broad SMARTS) is 1. The van der Waals surface area contributed by atoms with E-state index in [0.29, 0.717) is 0 Å². The third-order valence-electron chi connectivity index (χ3n) is 2.50. The average Bonchev–Trinajstić information content (AvgIpc) is 2.86. The van der Waals surface area contributed by atoms with Crippen molar-refractivity contribution in [3.05, 3.63) is 16.1 Å². The molecule has 5 heteroatoms. The molecule has 0 amide bonds. The van der Waals surface area contributed by atoms with Gasteiger partial charge in [-0.2, -0.15) is 11.8 Å². The summed E-state index contributed by atoms with van der Waals surface area (Å²) >= 11 is 3.13. The SMILES string of the molecule is O=C(O)c1nc(CSC2CCCC2)cs1. The van der Waals surface area contributed by atoms with E-state index in [1.165, 1.54) is 37.0 Å². The van der Waals surface area contributed by atoms with Gasteiger partial charge in [0.1, 0.15) is 0 Å². The summed E-state index contributed by atoms with van der Waals surface area (Å²) in [4.78, 5) is 14.7. The monoisotopic (exact) mass is 243 g/mol. The maximum atomic E-state index is 10.6. The Bertz CT molecular complexity index is 345. The van der Waals surface area contributed by atoms with Crippen LogP contribution < -0.4 is 0 Å². The normalized spacial score (nSPS) is 17.1. The molecule has 0 aromatic carbocycles. The van der Waals surface area contributed by atoms with Gasteiger partial charge in [0.2, 0.25) is 5.01 Å². The third kappa shape index (κ3) is 2.95. The van der Waals surface area contributed by atoms with Crippen molar-refractivity contribution < 1.29 is 9.90 Å². The minimum absolute atomic E-state index is 0.206. The molecule has 1 aliphatic rings. The maximum Gasteiger partial charge on any atom is 0.365 e. The van der Waals surface area contributed by atoms with Crippen LogP contribution in [0.2, 0.25) is 0 Å². The van der Waals surface area contributed by atoms with Crippen molar-refractivity contribution in [3.8, 4) is 0 Å². The lowest BCUT2D eigenvalue weighted by Gasteiger charge is -2.05. The van der Waals surface area contributed by atoms with Crippen molar-refractivity contribution >= 4 is 29.1 Å². The third-order valence-corrected chi connectivity index (χ3v) is 4.79. The number of carboxylic acids is 1. The van der Waals surface area contributed by atoms with Crippen LogP contribution in [0, 0.1) is 0 Å². The van der Waals surface area contributed by atoms with Crippen molar-refractivity contribution in [2.75, 3.05) is 0 Å². The van der Waals surface area contributed by atoms with Crippen LogP contribution in [0.5, 0.6) is 0 Å². The van der Waals surface area contributed by atoms with Gasteiger partial charge in [-0.3, -0.25) is 0 Å². The Morgan fingerprint density at radius 2 is 2.33 bits per heavy atom. The second-order valence-electron chi connectivity index (χ2n) is 3.67. The van der Waals surface area contributed by atoms with Gasteiger partial charge in [-0.05, 0) is 12.8 Å². The van der Waals surface area contributed by atoms with Gasteiger partial charge in [-0.1, -0.05) is 12.8 Å². The minimum Gasteiger partial charge on any atom is -0.476 e. The molecule has 0 unspecified atom stereocenters. The first-order valence-electron chi connectivity index (χ1n) is 5.05. The lowest BCUT2D eigenvalue weighted by Crippen LogP contribution is -1.97. The predicted octanol–water partition coefficient (Wildman–Crippen LogP) is 3.02. The summed E-state index contributed by atoms with van der Waals surface area (Å²) < 4.78 is 0. The Hall–Kier alpha value is -0.550. The molecule has 3 nitrogen and oxygen atoms in total. The molecule has 1 aromatic rings. The van der Waals surface area contributed by atoms with Gasteiger partial charge in [0.25, 0.3) is 0 Å². The Kier molecular flexibility index (Phi) is 3.64. The van der Waals surface area contributed by atoms with Crippen LogP contribution in [-0.2, 0) is 5.75 Å². The quantitative estimate of drug-likeness (QED) is 0.883. The van der Waals surface area contributed by atoms with E-state index in [1.54, 1.807) is 0 Å². The van der Waals surface area contributed by atoms with E-state index in [9.17, 15) is 4.79 Å². The zero-order valence-corrected chi connectivity index (χ0v) is 9.94. The fourth-order valence-electron chi connectivity index (χ4n) is 1.73. The Morgan fingerprint density at radius 3 is 2.93 bits per heavy atom. The first-order valence-corrected chi connectivity index (χ1v) is 6.98. The molecule has 0 saturated heterocycles. The molecule has 1 saturated carbocycles. The van der Waals surface area contributed by atoms with Gasteiger partial charge < -0.3 is 5.11 Å². The summed E-state index contributed by atoms with van der Waals surface area (Å²) in [5.74, 6) is -0.0637. The highest BCUT2D eigenvalue weighted by Gasteiger charge is 2.16. The van der Waals surface area contributed by atoms with E-state index >= 15 is 0 Å². The van der Waals surface area contributed by atoms with Gasteiger partial charge in [0, 0.05) is 16.4 Å². The molecule has 1 aromatic heterocycles. The van der Waals surface area contributed by atoms with E-state index in [2.05, 4.69) is 4.98 Å². The fraction of sp³-hybridized carbons (Fsp3) is 0.600. The van der Waals surface area contributed by atoms with Crippen molar-refractivity contribution in [1.29, 1.82) is 0 Å². The molecule has 0 radical (unpaired) electrons. The number of thiazole rings is 1. The van der Waals surface area contributed by atoms with Crippen molar-refractivity contribution in [2.45, 2.75) is 36.7 Å². The van der Waals surface area contributed by atoms with Crippen LogP contribution in [0.1, 0.15) is 41.2 Å². The zero-order chi connectivity index (χ0) is 10.7. The highest BCUT2D eigenvalue weighted by molar-refractivity contribution is 7.99. The summed E-state index contributed by atoms with van der Waals surface area (Å²) in [6, 6.07) is 0. The van der Waals surface area contributed by atoms with Crippen molar-refractivity contribution in [3.63, 3.8) is 0 Å². The molecule has 0 spiro atoms. The van der Waals surface area contributed by atoms with Gasteiger partial charge in [-0.25, -0.2) is 9.78 Å². The predicted molar refractivity (Wildman–Crippen MR) is 62.6 cm³/mol. The van der Waals surface area contributed by atoms with Gasteiger partial charge in [-0.15, -0.1) is 11.3 Å². The van der Waals surface area contributed by atoms with Gasteiger partial charge >= 0.3 is 5.97 Å². The average molecular weight is 243 g/mol. The van der Waals surface area contributed by atoms with E-state index in [0.717, 1.165) is 16.7 Å². The number of hydrogen-bond acceptors (Lipinski definition) is 4. The number of aromatic nitrogens is 1.